The van der Waals surface area contributed by atoms with E-state index in [2.05, 4.69) is 86.8 Å². The number of hydrogen-bond acceptors (Lipinski definition) is 7. The zero-order chi connectivity index (χ0) is 39.9. The Balaban J connectivity index is 1.11. The fourth-order valence-electron chi connectivity index (χ4n) is 7.32. The summed E-state index contributed by atoms with van der Waals surface area (Å²) in [7, 11) is 0.704. The lowest BCUT2D eigenvalue weighted by Crippen LogP contribution is -2.66. The number of aliphatic hydroxyl groups is 1. The Kier molecular flexibility index (Phi) is 15.3. The fourth-order valence-corrected chi connectivity index (χ4v) is 11.9. The molecule has 56 heavy (non-hydrogen) atoms. The summed E-state index contributed by atoms with van der Waals surface area (Å²) in [4.78, 5) is 12.6. The Morgan fingerprint density at radius 2 is 1.07 bits per heavy atom. The standard InChI is InChI=1S/C47H57NO7Si/c1-46(2,3)56(43-21-13-9-14-22-43,44-23-15-10-16-24-44)55-34-18-7-6-17-33-53-45(50)48-35-40(49)36-54-47(37-19-11-8-12-20-37,38-25-29-41(51-4)30-26-38)39-27-31-42(52-5)32-28-39/h8-16,19-32,40,49H,6-7,17-18,33-36H2,1-5H3,(H,48,50). The van der Waals surface area contributed by atoms with Gasteiger partial charge in [-0.05, 0) is 75.6 Å². The van der Waals surface area contributed by atoms with Crippen LogP contribution in [0.4, 0.5) is 4.79 Å². The second-order valence-electron chi connectivity index (χ2n) is 14.9. The predicted molar refractivity (Wildman–Crippen MR) is 226 cm³/mol. The summed E-state index contributed by atoms with van der Waals surface area (Å²) in [6, 6.07) is 46.6. The van der Waals surface area contributed by atoms with Gasteiger partial charge in [0.2, 0.25) is 0 Å². The lowest BCUT2D eigenvalue weighted by molar-refractivity contribution is -0.0370. The monoisotopic (exact) mass is 775 g/mol. The Morgan fingerprint density at radius 1 is 0.625 bits per heavy atom. The Bertz CT molecular complexity index is 1800. The molecule has 0 bridgehead atoms. The highest BCUT2D eigenvalue weighted by Crippen LogP contribution is 2.42. The molecule has 1 atom stereocenters. The molecule has 0 aromatic heterocycles. The van der Waals surface area contributed by atoms with Crippen molar-refractivity contribution in [2.45, 2.75) is 63.2 Å². The second kappa shape index (κ2) is 20.3. The maximum absolute atomic E-state index is 12.6. The molecule has 0 aliphatic heterocycles. The molecule has 9 heteroatoms. The van der Waals surface area contributed by atoms with Crippen molar-refractivity contribution in [2.75, 3.05) is 40.6 Å². The quantitative estimate of drug-likeness (QED) is 0.0468. The lowest BCUT2D eigenvalue weighted by Gasteiger charge is -2.43. The van der Waals surface area contributed by atoms with Gasteiger partial charge in [0.25, 0.3) is 8.32 Å². The molecule has 8 nitrogen and oxygen atoms in total. The van der Waals surface area contributed by atoms with Crippen LogP contribution in [0.5, 0.6) is 11.5 Å². The number of hydrogen-bond donors (Lipinski definition) is 2. The van der Waals surface area contributed by atoms with Crippen LogP contribution in [0.15, 0.2) is 140 Å². The molecule has 5 aromatic rings. The van der Waals surface area contributed by atoms with Crippen molar-refractivity contribution in [3.8, 4) is 11.5 Å². The number of carbonyl (C=O) groups excluding carboxylic acids is 1. The maximum atomic E-state index is 12.6. The lowest BCUT2D eigenvalue weighted by atomic mass is 9.80. The Labute approximate surface area is 333 Å². The van der Waals surface area contributed by atoms with Crippen LogP contribution in [-0.2, 0) is 19.5 Å². The van der Waals surface area contributed by atoms with Gasteiger partial charge in [-0.3, -0.25) is 0 Å². The highest BCUT2D eigenvalue weighted by Gasteiger charge is 2.50. The van der Waals surface area contributed by atoms with Crippen LogP contribution in [0, 0.1) is 0 Å². The third kappa shape index (κ3) is 10.3. The number of unbranched alkanes of at least 4 members (excludes halogenated alkanes) is 3. The van der Waals surface area contributed by atoms with Gasteiger partial charge in [-0.15, -0.1) is 0 Å². The van der Waals surface area contributed by atoms with Gasteiger partial charge < -0.3 is 33.8 Å². The van der Waals surface area contributed by atoms with E-state index in [-0.39, 0.29) is 18.2 Å². The SMILES string of the molecule is COc1ccc(C(OCC(O)CNC(=O)OCCCCCCO[Si](c2ccccc2)(c2ccccc2)C(C)(C)C)(c2ccccc2)c2ccc(OC)cc2)cc1. The Morgan fingerprint density at radius 3 is 1.54 bits per heavy atom. The molecule has 0 aliphatic rings. The average molecular weight is 776 g/mol. The van der Waals surface area contributed by atoms with E-state index in [4.69, 9.17) is 23.4 Å². The van der Waals surface area contributed by atoms with E-state index in [1.54, 1.807) is 14.2 Å². The van der Waals surface area contributed by atoms with Gasteiger partial charge in [-0.25, -0.2) is 4.79 Å². The molecule has 0 aliphatic carbocycles. The van der Waals surface area contributed by atoms with Crippen LogP contribution in [-0.4, -0.2) is 66.2 Å². The normalized spacial score (nSPS) is 12.5. The molecule has 0 spiro atoms. The number of carbonyl (C=O) groups is 1. The van der Waals surface area contributed by atoms with E-state index in [9.17, 15) is 9.90 Å². The molecule has 1 amide bonds. The summed E-state index contributed by atoms with van der Waals surface area (Å²) >= 11 is 0. The van der Waals surface area contributed by atoms with Gasteiger partial charge >= 0.3 is 6.09 Å². The largest absolute Gasteiger partial charge is 0.497 e. The Hall–Kier alpha value is -4.93. The third-order valence-corrected chi connectivity index (χ3v) is 15.2. The van der Waals surface area contributed by atoms with Crippen LogP contribution in [0.1, 0.15) is 63.1 Å². The first kappa shape index (κ1) is 42.2. The van der Waals surface area contributed by atoms with Crippen molar-refractivity contribution in [3.63, 3.8) is 0 Å². The van der Waals surface area contributed by atoms with E-state index in [0.717, 1.165) is 42.4 Å². The number of methoxy groups -OCH3 is 2. The number of nitrogens with one attached hydrogen (secondary N) is 1. The van der Waals surface area contributed by atoms with Crippen molar-refractivity contribution in [1.82, 2.24) is 5.32 Å². The smallest absolute Gasteiger partial charge is 0.407 e. The van der Waals surface area contributed by atoms with Gasteiger partial charge in [-0.1, -0.05) is 142 Å². The molecule has 0 heterocycles. The predicted octanol–water partition coefficient (Wildman–Crippen LogP) is 8.24. The van der Waals surface area contributed by atoms with Crippen molar-refractivity contribution in [2.24, 2.45) is 0 Å². The molecule has 0 saturated heterocycles. The summed E-state index contributed by atoms with van der Waals surface area (Å²) in [5.74, 6) is 1.43. The zero-order valence-electron chi connectivity index (χ0n) is 33.4. The number of alkyl carbamates (subject to hydrolysis) is 1. The van der Waals surface area contributed by atoms with Gasteiger partial charge in [-0.2, -0.15) is 0 Å². The number of amides is 1. The van der Waals surface area contributed by atoms with Gasteiger partial charge in [0, 0.05) is 13.2 Å². The molecule has 0 fully saturated rings. The van der Waals surface area contributed by atoms with Crippen molar-refractivity contribution >= 4 is 24.8 Å². The minimum absolute atomic E-state index is 0.0332. The number of benzene rings is 5. The maximum Gasteiger partial charge on any atom is 0.407 e. The van der Waals surface area contributed by atoms with Crippen LogP contribution < -0.4 is 25.2 Å². The van der Waals surface area contributed by atoms with E-state index >= 15 is 0 Å². The fraction of sp³-hybridized carbons (Fsp3) is 0.340. The topological polar surface area (TPSA) is 95.5 Å². The van der Waals surface area contributed by atoms with Gasteiger partial charge in [0.1, 0.15) is 17.1 Å². The van der Waals surface area contributed by atoms with Crippen molar-refractivity contribution < 1.29 is 33.3 Å². The summed E-state index contributed by atoms with van der Waals surface area (Å²) in [6.45, 7) is 7.72. The second-order valence-corrected chi connectivity index (χ2v) is 19.2. The number of rotatable bonds is 20. The van der Waals surface area contributed by atoms with E-state index in [0.29, 0.717) is 24.7 Å². The zero-order valence-corrected chi connectivity index (χ0v) is 34.4. The first-order valence-electron chi connectivity index (χ1n) is 19.5. The average Bonchev–Trinajstić information content (AvgIpc) is 3.23. The summed E-state index contributed by atoms with van der Waals surface area (Å²) in [5.41, 5.74) is 1.50. The number of aliphatic hydroxyl groups excluding tert-OH is 1. The van der Waals surface area contributed by atoms with Gasteiger partial charge in [0.05, 0.1) is 33.5 Å². The first-order chi connectivity index (χ1) is 27.1. The molecular formula is C47H57NO7Si. The van der Waals surface area contributed by atoms with E-state index in [1.807, 2.05) is 78.9 Å². The minimum atomic E-state index is -2.55. The van der Waals surface area contributed by atoms with Crippen molar-refractivity contribution in [3.05, 3.63) is 156 Å². The molecule has 296 valence electrons. The first-order valence-corrected chi connectivity index (χ1v) is 21.4. The summed E-state index contributed by atoms with van der Waals surface area (Å²) in [6.07, 6.45) is 1.95. The molecule has 5 aromatic carbocycles. The molecule has 5 rings (SSSR count). The third-order valence-electron chi connectivity index (χ3n) is 10.2. The highest BCUT2D eigenvalue weighted by atomic mass is 28.4. The van der Waals surface area contributed by atoms with Crippen LogP contribution >= 0.6 is 0 Å². The molecule has 0 radical (unpaired) electrons. The van der Waals surface area contributed by atoms with Crippen LogP contribution in [0.3, 0.4) is 0 Å². The molecular weight excluding hydrogens is 719 g/mol. The van der Waals surface area contributed by atoms with Crippen molar-refractivity contribution in [1.29, 1.82) is 0 Å². The summed E-state index contributed by atoms with van der Waals surface area (Å²) < 4.78 is 30.1. The van der Waals surface area contributed by atoms with Crippen LogP contribution in [0.25, 0.3) is 0 Å². The molecule has 1 unspecified atom stereocenters. The minimum Gasteiger partial charge on any atom is -0.497 e. The molecule has 2 N–H and O–H groups in total. The molecule has 0 saturated carbocycles. The van der Waals surface area contributed by atoms with E-state index < -0.39 is 26.1 Å². The van der Waals surface area contributed by atoms with E-state index in [1.165, 1.54) is 10.4 Å². The highest BCUT2D eigenvalue weighted by molar-refractivity contribution is 6.99. The summed E-state index contributed by atoms with van der Waals surface area (Å²) in [5, 5.41) is 16.3. The number of ether oxygens (including phenoxy) is 4. The van der Waals surface area contributed by atoms with Gasteiger partial charge in [0.15, 0.2) is 0 Å². The van der Waals surface area contributed by atoms with Crippen LogP contribution in [0.2, 0.25) is 5.04 Å².